The van der Waals surface area contributed by atoms with Gasteiger partial charge in [0.2, 0.25) is 0 Å². The third-order valence-electron chi connectivity index (χ3n) is 4.16. The maximum Gasteiger partial charge on any atom is 0.136 e. The Kier molecular flexibility index (Phi) is 3.48. The van der Waals surface area contributed by atoms with Crippen molar-refractivity contribution in [3.05, 3.63) is 29.1 Å². The minimum Gasteiger partial charge on any atom is -0.495 e. The maximum absolute atomic E-state index is 5.83. The standard InChI is InChI=1S/C15H20N2OS/c1-17-9-10(8-16)7-13(17)11-3-4-14(18-2)15-12(11)5-6-19-15/h3-6,10,13H,7-9,16H2,1-2H3. The van der Waals surface area contributed by atoms with E-state index >= 15 is 0 Å². The van der Waals surface area contributed by atoms with E-state index in [4.69, 9.17) is 10.5 Å². The van der Waals surface area contributed by atoms with E-state index in [0.717, 1.165) is 25.3 Å². The second-order valence-electron chi connectivity index (χ2n) is 5.31. The summed E-state index contributed by atoms with van der Waals surface area (Å²) in [5.41, 5.74) is 7.24. The Hall–Kier alpha value is -1.10. The summed E-state index contributed by atoms with van der Waals surface area (Å²) >= 11 is 1.75. The van der Waals surface area contributed by atoms with Gasteiger partial charge in [-0.25, -0.2) is 0 Å². The van der Waals surface area contributed by atoms with Crippen molar-refractivity contribution in [3.8, 4) is 5.75 Å². The number of nitrogens with zero attached hydrogens (tertiary/aromatic N) is 1. The van der Waals surface area contributed by atoms with Crippen LogP contribution in [-0.2, 0) is 0 Å². The molecule has 19 heavy (non-hydrogen) atoms. The SMILES string of the molecule is COc1ccc(C2CC(CN)CN2C)c2ccsc12. The normalized spacial score (nSPS) is 24.2. The van der Waals surface area contributed by atoms with Gasteiger partial charge in [-0.2, -0.15) is 0 Å². The number of methoxy groups -OCH3 is 1. The summed E-state index contributed by atoms with van der Waals surface area (Å²) in [6, 6.07) is 7.00. The molecule has 2 heterocycles. The van der Waals surface area contributed by atoms with Crippen LogP contribution in [-0.4, -0.2) is 32.1 Å². The van der Waals surface area contributed by atoms with Crippen LogP contribution >= 0.6 is 11.3 Å². The first-order valence-corrected chi connectivity index (χ1v) is 7.57. The highest BCUT2D eigenvalue weighted by Gasteiger charge is 2.31. The quantitative estimate of drug-likeness (QED) is 0.937. The number of nitrogens with two attached hydrogens (primary N) is 1. The van der Waals surface area contributed by atoms with Crippen LogP contribution in [0.1, 0.15) is 18.0 Å². The number of benzene rings is 1. The fraction of sp³-hybridized carbons (Fsp3) is 0.467. The fourth-order valence-electron chi connectivity index (χ4n) is 3.15. The zero-order valence-electron chi connectivity index (χ0n) is 11.4. The maximum atomic E-state index is 5.83. The van der Waals surface area contributed by atoms with Crippen molar-refractivity contribution in [2.75, 3.05) is 27.2 Å². The molecule has 1 aliphatic rings. The van der Waals surface area contributed by atoms with Gasteiger partial charge in [-0.15, -0.1) is 11.3 Å². The smallest absolute Gasteiger partial charge is 0.136 e. The number of ether oxygens (including phenoxy) is 1. The minimum atomic E-state index is 0.483. The van der Waals surface area contributed by atoms with Crippen LogP contribution in [0.25, 0.3) is 10.1 Å². The zero-order chi connectivity index (χ0) is 13.4. The molecule has 0 aliphatic carbocycles. The molecule has 2 atom stereocenters. The Morgan fingerprint density at radius 3 is 2.95 bits per heavy atom. The number of rotatable bonds is 3. The van der Waals surface area contributed by atoms with Crippen molar-refractivity contribution in [2.24, 2.45) is 11.7 Å². The summed E-state index contributed by atoms with van der Waals surface area (Å²) in [7, 11) is 3.93. The van der Waals surface area contributed by atoms with Crippen LogP contribution < -0.4 is 10.5 Å². The van der Waals surface area contributed by atoms with E-state index in [-0.39, 0.29) is 0 Å². The van der Waals surface area contributed by atoms with Crippen LogP contribution in [0.3, 0.4) is 0 Å². The molecule has 4 heteroatoms. The average molecular weight is 276 g/mol. The third-order valence-corrected chi connectivity index (χ3v) is 5.09. The summed E-state index contributed by atoms with van der Waals surface area (Å²) in [4.78, 5) is 2.43. The second-order valence-corrected chi connectivity index (χ2v) is 6.23. The monoisotopic (exact) mass is 276 g/mol. The molecule has 0 spiro atoms. The summed E-state index contributed by atoms with van der Waals surface area (Å²) in [5, 5.41) is 3.48. The predicted octanol–water partition coefficient (Wildman–Crippen LogP) is 2.86. The molecular weight excluding hydrogens is 256 g/mol. The topological polar surface area (TPSA) is 38.5 Å². The van der Waals surface area contributed by atoms with Gasteiger partial charge >= 0.3 is 0 Å². The first-order chi connectivity index (χ1) is 9.24. The highest BCUT2D eigenvalue weighted by molar-refractivity contribution is 7.17. The lowest BCUT2D eigenvalue weighted by molar-refractivity contribution is 0.315. The van der Waals surface area contributed by atoms with Gasteiger partial charge in [0.25, 0.3) is 0 Å². The highest BCUT2D eigenvalue weighted by atomic mass is 32.1. The minimum absolute atomic E-state index is 0.483. The lowest BCUT2D eigenvalue weighted by atomic mass is 9.97. The lowest BCUT2D eigenvalue weighted by Crippen LogP contribution is -2.20. The first kappa shape index (κ1) is 12.9. The Labute approximate surface area is 118 Å². The number of fused-ring (bicyclic) bond motifs is 1. The van der Waals surface area contributed by atoms with Gasteiger partial charge in [0.15, 0.2) is 0 Å². The van der Waals surface area contributed by atoms with Gasteiger partial charge in [0, 0.05) is 18.0 Å². The van der Waals surface area contributed by atoms with Crippen LogP contribution in [0, 0.1) is 5.92 Å². The largest absolute Gasteiger partial charge is 0.495 e. The van der Waals surface area contributed by atoms with E-state index < -0.39 is 0 Å². The van der Waals surface area contributed by atoms with E-state index in [1.165, 1.54) is 15.6 Å². The summed E-state index contributed by atoms with van der Waals surface area (Å²) < 4.78 is 6.70. The number of hydrogen-bond donors (Lipinski definition) is 1. The van der Waals surface area contributed by atoms with Crippen molar-refractivity contribution in [1.82, 2.24) is 4.90 Å². The van der Waals surface area contributed by atoms with Gasteiger partial charge in [-0.05, 0) is 49.0 Å². The summed E-state index contributed by atoms with van der Waals surface area (Å²) in [6.45, 7) is 1.88. The first-order valence-electron chi connectivity index (χ1n) is 6.69. The molecule has 2 N–H and O–H groups in total. The van der Waals surface area contributed by atoms with E-state index in [9.17, 15) is 0 Å². The molecule has 3 nitrogen and oxygen atoms in total. The van der Waals surface area contributed by atoms with Crippen LogP contribution in [0.2, 0.25) is 0 Å². The molecular formula is C15H20N2OS. The van der Waals surface area contributed by atoms with Crippen molar-refractivity contribution >= 4 is 21.4 Å². The highest BCUT2D eigenvalue weighted by Crippen LogP contribution is 2.41. The molecule has 1 aromatic heterocycles. The van der Waals surface area contributed by atoms with Crippen molar-refractivity contribution in [1.29, 1.82) is 0 Å². The predicted molar refractivity (Wildman–Crippen MR) is 80.9 cm³/mol. The van der Waals surface area contributed by atoms with Gasteiger partial charge in [0.1, 0.15) is 5.75 Å². The summed E-state index contributed by atoms with van der Waals surface area (Å²) in [6.07, 6.45) is 1.16. The van der Waals surface area contributed by atoms with Crippen molar-refractivity contribution in [2.45, 2.75) is 12.5 Å². The number of hydrogen-bond acceptors (Lipinski definition) is 4. The molecule has 3 rings (SSSR count). The molecule has 2 unspecified atom stereocenters. The second kappa shape index (κ2) is 5.12. The molecule has 2 aromatic rings. The molecule has 1 aliphatic heterocycles. The molecule has 1 saturated heterocycles. The van der Waals surface area contributed by atoms with E-state index in [1.807, 2.05) is 0 Å². The Balaban J connectivity index is 2.04. The Morgan fingerprint density at radius 2 is 2.26 bits per heavy atom. The van der Waals surface area contributed by atoms with Gasteiger partial charge < -0.3 is 10.5 Å². The molecule has 0 bridgehead atoms. The molecule has 102 valence electrons. The van der Waals surface area contributed by atoms with E-state index in [1.54, 1.807) is 18.4 Å². The molecule has 0 radical (unpaired) electrons. The Bertz CT molecular complexity index is 581. The van der Waals surface area contributed by atoms with E-state index in [2.05, 4.69) is 35.5 Å². The van der Waals surface area contributed by atoms with Crippen LogP contribution in [0.4, 0.5) is 0 Å². The average Bonchev–Trinajstić information content (AvgIpc) is 3.04. The number of thiophene rings is 1. The molecule has 0 saturated carbocycles. The van der Waals surface area contributed by atoms with E-state index in [0.29, 0.717) is 12.0 Å². The van der Waals surface area contributed by atoms with Gasteiger partial charge in [0.05, 0.1) is 11.8 Å². The van der Waals surface area contributed by atoms with Crippen LogP contribution in [0.5, 0.6) is 5.75 Å². The Morgan fingerprint density at radius 1 is 1.42 bits per heavy atom. The lowest BCUT2D eigenvalue weighted by Gasteiger charge is -2.21. The van der Waals surface area contributed by atoms with Gasteiger partial charge in [-0.1, -0.05) is 6.07 Å². The molecule has 0 amide bonds. The molecule has 1 aromatic carbocycles. The number of likely N-dealkylation sites (tertiary alicyclic amines) is 1. The molecule has 1 fully saturated rings. The third kappa shape index (κ3) is 2.14. The van der Waals surface area contributed by atoms with Gasteiger partial charge in [-0.3, -0.25) is 4.90 Å². The summed E-state index contributed by atoms with van der Waals surface area (Å²) in [5.74, 6) is 1.59. The van der Waals surface area contributed by atoms with Crippen LogP contribution in [0.15, 0.2) is 23.6 Å². The van der Waals surface area contributed by atoms with Crippen molar-refractivity contribution < 1.29 is 4.74 Å². The fourth-order valence-corrected chi connectivity index (χ4v) is 4.07. The zero-order valence-corrected chi connectivity index (χ0v) is 12.2. The van der Waals surface area contributed by atoms with Crippen molar-refractivity contribution in [3.63, 3.8) is 0 Å².